The van der Waals surface area contributed by atoms with Gasteiger partial charge in [0.05, 0.1) is 23.0 Å². The van der Waals surface area contributed by atoms with Crippen molar-refractivity contribution in [2.24, 2.45) is 0 Å². The van der Waals surface area contributed by atoms with Gasteiger partial charge in [-0.15, -0.1) is 0 Å². The molecule has 5 aromatic carbocycles. The second-order valence-electron chi connectivity index (χ2n) is 10.1. The molecule has 0 fully saturated rings. The maximum Gasteiger partial charge on any atom is 0.171 e. The lowest BCUT2D eigenvalue weighted by molar-refractivity contribution is 0.592. The summed E-state index contributed by atoms with van der Waals surface area (Å²) in [5.41, 5.74) is 5.84. The van der Waals surface area contributed by atoms with E-state index in [0.717, 1.165) is 38.5 Å². The van der Waals surface area contributed by atoms with Crippen LogP contribution in [0.15, 0.2) is 127 Å². The van der Waals surface area contributed by atoms with Crippen LogP contribution in [-0.2, 0) is 9.98 Å². The summed E-state index contributed by atoms with van der Waals surface area (Å²) in [5, 5.41) is 12.0. The fourth-order valence-corrected chi connectivity index (χ4v) is 8.23. The van der Waals surface area contributed by atoms with E-state index in [1.807, 2.05) is 91.0 Å². The molecular formula is C34H27N2OP. The third-order valence-corrected chi connectivity index (χ3v) is 10.6. The lowest BCUT2D eigenvalue weighted by Crippen LogP contribution is -2.31. The van der Waals surface area contributed by atoms with Gasteiger partial charge in [-0.2, -0.15) is 5.26 Å². The van der Waals surface area contributed by atoms with E-state index in [-0.39, 0.29) is 5.41 Å². The van der Waals surface area contributed by atoms with Crippen LogP contribution in [0.5, 0.6) is 0 Å². The van der Waals surface area contributed by atoms with Crippen molar-refractivity contribution >= 4 is 40.1 Å². The van der Waals surface area contributed by atoms with Gasteiger partial charge >= 0.3 is 0 Å². The summed E-state index contributed by atoms with van der Waals surface area (Å²) in [4.78, 5) is 2.25. The lowest BCUT2D eigenvalue weighted by atomic mass is 9.73. The van der Waals surface area contributed by atoms with Crippen LogP contribution in [0.25, 0.3) is 0 Å². The van der Waals surface area contributed by atoms with Crippen LogP contribution in [0.3, 0.4) is 0 Å². The highest BCUT2D eigenvalue weighted by atomic mass is 31.2. The maximum absolute atomic E-state index is 14.8. The molecule has 1 aliphatic rings. The summed E-state index contributed by atoms with van der Waals surface area (Å²) in [7, 11) is -3.05. The van der Waals surface area contributed by atoms with Crippen molar-refractivity contribution in [1.82, 2.24) is 0 Å². The van der Waals surface area contributed by atoms with E-state index in [0.29, 0.717) is 5.56 Å². The second-order valence-corrected chi connectivity index (χ2v) is 12.9. The molecule has 0 spiro atoms. The van der Waals surface area contributed by atoms with Gasteiger partial charge in [0.15, 0.2) is 7.14 Å². The molecule has 4 heteroatoms. The van der Waals surface area contributed by atoms with Crippen molar-refractivity contribution < 1.29 is 4.57 Å². The Hall–Kier alpha value is -4.38. The highest BCUT2D eigenvalue weighted by Crippen LogP contribution is 2.52. The standard InChI is InChI=1S/C34H27N2OP/c1-34(2)30-15-9-10-16-32(30)36(33-22-17-25(24-35)23-31(33)34)26-18-20-29(21-19-26)38(37,27-11-5-3-6-12-27)28-13-7-4-8-14-28/h3-23H,1-2H3. The molecule has 0 aliphatic carbocycles. The first-order valence-electron chi connectivity index (χ1n) is 12.7. The molecule has 0 saturated carbocycles. The summed E-state index contributed by atoms with van der Waals surface area (Å²) in [6, 6.07) is 44.3. The van der Waals surface area contributed by atoms with Crippen LogP contribution < -0.4 is 20.8 Å². The first kappa shape index (κ1) is 24.0. The average molecular weight is 511 g/mol. The molecule has 0 radical (unpaired) electrons. The Balaban J connectivity index is 1.52. The number of hydrogen-bond donors (Lipinski definition) is 0. The van der Waals surface area contributed by atoms with E-state index in [4.69, 9.17) is 0 Å². The Morgan fingerprint density at radius 1 is 0.632 bits per heavy atom. The predicted octanol–water partition coefficient (Wildman–Crippen LogP) is 7.31. The van der Waals surface area contributed by atoms with Gasteiger partial charge < -0.3 is 9.46 Å². The van der Waals surface area contributed by atoms with Gasteiger partial charge in [0.1, 0.15) is 0 Å². The Labute approximate surface area is 224 Å². The number of hydrogen-bond acceptors (Lipinski definition) is 3. The van der Waals surface area contributed by atoms with E-state index in [9.17, 15) is 9.83 Å². The summed E-state index contributed by atoms with van der Waals surface area (Å²) in [6.45, 7) is 4.42. The smallest absolute Gasteiger partial charge is 0.171 e. The number of rotatable bonds is 4. The topological polar surface area (TPSA) is 44.1 Å². The Morgan fingerprint density at radius 2 is 1.16 bits per heavy atom. The van der Waals surface area contributed by atoms with Gasteiger partial charge in [0, 0.05) is 27.0 Å². The molecule has 6 rings (SSSR count). The zero-order chi connectivity index (χ0) is 26.3. The van der Waals surface area contributed by atoms with Crippen LogP contribution >= 0.6 is 7.14 Å². The van der Waals surface area contributed by atoms with Crippen molar-refractivity contribution in [3.8, 4) is 6.07 Å². The van der Waals surface area contributed by atoms with E-state index in [1.165, 1.54) is 5.56 Å². The molecule has 5 aromatic rings. The summed E-state index contributed by atoms with van der Waals surface area (Å²) in [6.07, 6.45) is 0. The highest BCUT2D eigenvalue weighted by Gasteiger charge is 2.37. The van der Waals surface area contributed by atoms with Crippen molar-refractivity contribution in [2.75, 3.05) is 4.90 Å². The third-order valence-electron chi connectivity index (χ3n) is 7.57. The largest absolute Gasteiger partial charge is 0.310 e. The van der Waals surface area contributed by atoms with Crippen LogP contribution in [0.4, 0.5) is 17.1 Å². The minimum absolute atomic E-state index is 0.258. The quantitative estimate of drug-likeness (QED) is 0.238. The number of nitrogens with zero attached hydrogens (tertiary/aromatic N) is 2. The normalized spacial score (nSPS) is 13.8. The van der Waals surface area contributed by atoms with Crippen molar-refractivity contribution in [3.63, 3.8) is 0 Å². The number of nitriles is 1. The molecule has 0 unspecified atom stereocenters. The number of para-hydroxylation sites is 1. The highest BCUT2D eigenvalue weighted by molar-refractivity contribution is 7.85. The van der Waals surface area contributed by atoms with Crippen molar-refractivity contribution in [3.05, 3.63) is 144 Å². The molecular weight excluding hydrogens is 483 g/mol. The van der Waals surface area contributed by atoms with Gasteiger partial charge in [-0.05, 0) is 59.7 Å². The molecule has 0 saturated heterocycles. The summed E-state index contributed by atoms with van der Waals surface area (Å²) >= 11 is 0. The van der Waals surface area contributed by atoms with Gasteiger partial charge in [-0.1, -0.05) is 92.7 Å². The van der Waals surface area contributed by atoms with Gasteiger partial charge in [0.2, 0.25) is 0 Å². The van der Waals surface area contributed by atoms with Gasteiger partial charge in [-0.3, -0.25) is 0 Å². The minimum Gasteiger partial charge on any atom is -0.310 e. The fourth-order valence-electron chi connectivity index (χ4n) is 5.59. The lowest BCUT2D eigenvalue weighted by Gasteiger charge is -2.42. The van der Waals surface area contributed by atoms with Crippen LogP contribution in [-0.4, -0.2) is 0 Å². The molecule has 0 N–H and O–H groups in total. The Bertz CT molecular complexity index is 1680. The molecule has 184 valence electrons. The number of fused-ring (bicyclic) bond motifs is 2. The second kappa shape index (κ2) is 9.18. The van der Waals surface area contributed by atoms with E-state index < -0.39 is 7.14 Å². The average Bonchev–Trinajstić information content (AvgIpc) is 2.98. The molecule has 0 atom stereocenters. The summed E-state index contributed by atoms with van der Waals surface area (Å²) in [5.74, 6) is 0. The molecule has 1 heterocycles. The molecule has 0 amide bonds. The molecule has 38 heavy (non-hydrogen) atoms. The van der Waals surface area contributed by atoms with E-state index in [2.05, 4.69) is 61.2 Å². The maximum atomic E-state index is 14.8. The Morgan fingerprint density at radius 3 is 1.76 bits per heavy atom. The molecule has 0 bridgehead atoms. The fraction of sp³-hybridized carbons (Fsp3) is 0.0882. The van der Waals surface area contributed by atoms with E-state index in [1.54, 1.807) is 0 Å². The van der Waals surface area contributed by atoms with Crippen molar-refractivity contribution in [2.45, 2.75) is 19.3 Å². The first-order valence-corrected chi connectivity index (χ1v) is 14.4. The molecule has 3 nitrogen and oxygen atoms in total. The zero-order valence-electron chi connectivity index (χ0n) is 21.4. The van der Waals surface area contributed by atoms with E-state index >= 15 is 0 Å². The number of anilines is 3. The SMILES string of the molecule is CC1(C)c2ccccc2N(c2ccc(P(=O)(c3ccccc3)c3ccccc3)cc2)c2ccc(C#N)cc21. The van der Waals surface area contributed by atoms with Crippen LogP contribution in [0, 0.1) is 11.3 Å². The minimum atomic E-state index is -3.05. The van der Waals surface area contributed by atoms with Gasteiger partial charge in [-0.25, -0.2) is 0 Å². The Kier molecular flexibility index (Phi) is 5.79. The number of benzene rings is 5. The molecule has 1 aliphatic heterocycles. The zero-order valence-corrected chi connectivity index (χ0v) is 22.3. The third kappa shape index (κ3) is 3.69. The van der Waals surface area contributed by atoms with Crippen LogP contribution in [0.2, 0.25) is 0 Å². The monoisotopic (exact) mass is 510 g/mol. The predicted molar refractivity (Wildman–Crippen MR) is 157 cm³/mol. The first-order chi connectivity index (χ1) is 18.4. The molecule has 0 aromatic heterocycles. The van der Waals surface area contributed by atoms with Crippen molar-refractivity contribution in [1.29, 1.82) is 5.26 Å². The van der Waals surface area contributed by atoms with Crippen LogP contribution in [0.1, 0.15) is 30.5 Å². The summed E-state index contributed by atoms with van der Waals surface area (Å²) < 4.78 is 14.8. The van der Waals surface area contributed by atoms with Gasteiger partial charge in [0.25, 0.3) is 0 Å².